The van der Waals surface area contributed by atoms with Crippen LogP contribution in [-0.2, 0) is 4.79 Å². The Kier molecular flexibility index (Phi) is 4.34. The second-order valence-corrected chi connectivity index (χ2v) is 7.06. The van der Waals surface area contributed by atoms with Crippen LogP contribution in [0.15, 0.2) is 24.3 Å². The molecular weight excluding hydrogens is 316 g/mol. The summed E-state index contributed by atoms with van der Waals surface area (Å²) in [4.78, 5) is 26.1. The molecule has 1 aromatic carbocycles. The first-order valence-electron chi connectivity index (χ1n) is 7.99. The highest BCUT2D eigenvalue weighted by molar-refractivity contribution is 6.31. The smallest absolute Gasteiger partial charge is 0.325 e. The van der Waals surface area contributed by atoms with Gasteiger partial charge in [-0.15, -0.1) is 0 Å². The summed E-state index contributed by atoms with van der Waals surface area (Å²) in [6.07, 6.45) is 2.19. The first kappa shape index (κ1) is 16.3. The van der Waals surface area contributed by atoms with Gasteiger partial charge >= 0.3 is 6.03 Å². The van der Waals surface area contributed by atoms with Gasteiger partial charge in [-0.3, -0.25) is 9.69 Å². The van der Waals surface area contributed by atoms with Crippen molar-refractivity contribution in [3.05, 3.63) is 34.9 Å². The monoisotopic (exact) mass is 336 g/mol. The molecule has 0 aromatic heterocycles. The number of amides is 3. The van der Waals surface area contributed by atoms with E-state index < -0.39 is 17.7 Å². The zero-order chi connectivity index (χ0) is 16.6. The first-order chi connectivity index (χ1) is 10.9. The molecule has 23 heavy (non-hydrogen) atoms. The van der Waals surface area contributed by atoms with Gasteiger partial charge in [0.1, 0.15) is 5.54 Å². The lowest BCUT2D eigenvalue weighted by molar-refractivity contribution is -0.133. The van der Waals surface area contributed by atoms with Crippen molar-refractivity contribution in [2.75, 3.05) is 6.54 Å². The van der Waals surface area contributed by atoms with Crippen molar-refractivity contribution in [3.63, 3.8) is 0 Å². The molecule has 3 amide bonds. The number of aliphatic hydroxyl groups excluding tert-OH is 1. The van der Waals surface area contributed by atoms with Crippen molar-refractivity contribution < 1.29 is 14.7 Å². The van der Waals surface area contributed by atoms with Crippen LogP contribution >= 0.6 is 11.6 Å². The quantitative estimate of drug-likeness (QED) is 0.834. The van der Waals surface area contributed by atoms with Crippen LogP contribution in [0.4, 0.5) is 4.79 Å². The topological polar surface area (TPSA) is 69.6 Å². The number of imide groups is 1. The van der Waals surface area contributed by atoms with Crippen molar-refractivity contribution in [2.24, 2.45) is 5.92 Å². The van der Waals surface area contributed by atoms with E-state index >= 15 is 0 Å². The number of carbonyl (C=O) groups is 2. The van der Waals surface area contributed by atoms with E-state index in [4.69, 9.17) is 11.6 Å². The summed E-state index contributed by atoms with van der Waals surface area (Å²) in [6, 6.07) is 6.49. The Bertz CT molecular complexity index is 626. The molecule has 124 valence electrons. The standard InChI is InChI=1S/C17H21ClN2O3/c1-11-6-8-17(9-7-11)15(22)20(16(23)19-17)10-14(21)12-4-2-3-5-13(12)18/h2-5,11,14,21H,6-10H2,1H3,(H,19,23). The number of β-amino-alcohol motifs (C(OH)–C–C–N with tert-alkyl or cyclic N) is 1. The number of nitrogens with zero attached hydrogens (tertiary/aromatic N) is 1. The Labute approximate surface area is 140 Å². The molecule has 1 saturated carbocycles. The highest BCUT2D eigenvalue weighted by atomic mass is 35.5. The normalized spacial score (nSPS) is 29.0. The Morgan fingerprint density at radius 2 is 2.00 bits per heavy atom. The molecule has 2 N–H and O–H groups in total. The molecule has 1 saturated heterocycles. The molecule has 0 bridgehead atoms. The van der Waals surface area contributed by atoms with Crippen LogP contribution < -0.4 is 5.32 Å². The molecule has 2 aliphatic rings. The number of benzene rings is 1. The fourth-order valence-corrected chi connectivity index (χ4v) is 3.71. The third-order valence-corrected chi connectivity index (χ3v) is 5.34. The van der Waals surface area contributed by atoms with Crippen molar-refractivity contribution in [1.82, 2.24) is 10.2 Å². The minimum atomic E-state index is -0.990. The van der Waals surface area contributed by atoms with Crippen LogP contribution in [0.1, 0.15) is 44.3 Å². The molecular formula is C17H21ClN2O3. The van der Waals surface area contributed by atoms with E-state index in [9.17, 15) is 14.7 Å². The van der Waals surface area contributed by atoms with E-state index in [1.54, 1.807) is 24.3 Å². The fraction of sp³-hybridized carbons (Fsp3) is 0.529. The van der Waals surface area contributed by atoms with Gasteiger partial charge in [-0.1, -0.05) is 36.7 Å². The van der Waals surface area contributed by atoms with Crippen LogP contribution in [0, 0.1) is 5.92 Å². The number of nitrogens with one attached hydrogen (secondary N) is 1. The predicted molar refractivity (Wildman–Crippen MR) is 87.0 cm³/mol. The summed E-state index contributed by atoms with van der Waals surface area (Å²) >= 11 is 6.07. The molecule has 1 atom stereocenters. The van der Waals surface area contributed by atoms with E-state index in [2.05, 4.69) is 12.2 Å². The minimum Gasteiger partial charge on any atom is -0.386 e. The van der Waals surface area contributed by atoms with Gasteiger partial charge in [-0.05, 0) is 37.7 Å². The molecule has 0 radical (unpaired) electrons. The molecule has 1 aliphatic carbocycles. The van der Waals surface area contributed by atoms with E-state index in [1.807, 2.05) is 0 Å². The van der Waals surface area contributed by atoms with E-state index in [-0.39, 0.29) is 12.5 Å². The summed E-state index contributed by atoms with van der Waals surface area (Å²) in [7, 11) is 0. The lowest BCUT2D eigenvalue weighted by Crippen LogP contribution is -2.49. The second kappa shape index (κ2) is 6.13. The van der Waals surface area contributed by atoms with Gasteiger partial charge in [-0.2, -0.15) is 0 Å². The summed E-state index contributed by atoms with van der Waals surface area (Å²) in [5, 5.41) is 13.6. The molecule has 5 nitrogen and oxygen atoms in total. The highest BCUT2D eigenvalue weighted by Gasteiger charge is 2.52. The highest BCUT2D eigenvalue weighted by Crippen LogP contribution is 2.37. The van der Waals surface area contributed by atoms with E-state index in [1.165, 1.54) is 0 Å². The number of urea groups is 1. The summed E-state index contributed by atoms with van der Waals surface area (Å²) < 4.78 is 0. The number of rotatable bonds is 3. The van der Waals surface area contributed by atoms with Crippen LogP contribution in [-0.4, -0.2) is 34.0 Å². The van der Waals surface area contributed by atoms with Gasteiger partial charge in [0, 0.05) is 10.6 Å². The maximum Gasteiger partial charge on any atom is 0.325 e. The second-order valence-electron chi connectivity index (χ2n) is 6.65. The molecule has 1 unspecified atom stereocenters. The van der Waals surface area contributed by atoms with Crippen molar-refractivity contribution in [1.29, 1.82) is 0 Å². The van der Waals surface area contributed by atoms with Gasteiger partial charge in [0.15, 0.2) is 0 Å². The Morgan fingerprint density at radius 1 is 1.35 bits per heavy atom. The summed E-state index contributed by atoms with van der Waals surface area (Å²) in [5.74, 6) is 0.355. The molecule has 1 aliphatic heterocycles. The molecule has 2 fully saturated rings. The van der Waals surface area contributed by atoms with E-state index in [0.717, 1.165) is 17.7 Å². The van der Waals surface area contributed by atoms with Crippen molar-refractivity contribution >= 4 is 23.5 Å². The van der Waals surface area contributed by atoms with Gasteiger partial charge in [0.05, 0.1) is 12.6 Å². The number of halogens is 1. The van der Waals surface area contributed by atoms with Crippen molar-refractivity contribution in [2.45, 2.75) is 44.2 Å². The molecule has 3 rings (SSSR count). The third-order valence-electron chi connectivity index (χ3n) is 4.99. The predicted octanol–water partition coefficient (Wildman–Crippen LogP) is 2.87. The SMILES string of the molecule is CC1CCC2(CC1)NC(=O)N(CC(O)c1ccccc1Cl)C2=O. The van der Waals surface area contributed by atoms with Gasteiger partial charge in [0.2, 0.25) is 0 Å². The number of aliphatic hydroxyl groups is 1. The van der Waals surface area contributed by atoms with Gasteiger partial charge in [-0.25, -0.2) is 4.79 Å². The van der Waals surface area contributed by atoms with Gasteiger partial charge in [0.25, 0.3) is 5.91 Å². The first-order valence-corrected chi connectivity index (χ1v) is 8.37. The lowest BCUT2D eigenvalue weighted by atomic mass is 9.77. The maximum absolute atomic E-state index is 12.7. The van der Waals surface area contributed by atoms with Crippen LogP contribution in [0.5, 0.6) is 0 Å². The van der Waals surface area contributed by atoms with Crippen molar-refractivity contribution in [3.8, 4) is 0 Å². The molecule has 1 spiro atoms. The fourth-order valence-electron chi connectivity index (χ4n) is 3.45. The Balaban J connectivity index is 1.75. The van der Waals surface area contributed by atoms with Crippen LogP contribution in [0.2, 0.25) is 5.02 Å². The minimum absolute atomic E-state index is 0.0777. The van der Waals surface area contributed by atoms with Gasteiger partial charge < -0.3 is 10.4 Å². The lowest BCUT2D eigenvalue weighted by Gasteiger charge is -2.33. The number of hydrogen-bond acceptors (Lipinski definition) is 3. The maximum atomic E-state index is 12.7. The summed E-state index contributed by atoms with van der Waals surface area (Å²) in [6.45, 7) is 2.08. The number of hydrogen-bond donors (Lipinski definition) is 2. The molecule has 1 heterocycles. The van der Waals surface area contributed by atoms with Crippen LogP contribution in [0.3, 0.4) is 0 Å². The molecule has 1 aromatic rings. The molecule has 6 heteroatoms. The zero-order valence-electron chi connectivity index (χ0n) is 13.1. The van der Waals surface area contributed by atoms with Crippen LogP contribution in [0.25, 0.3) is 0 Å². The summed E-state index contributed by atoms with van der Waals surface area (Å²) in [5.41, 5.74) is -0.253. The Morgan fingerprint density at radius 3 is 2.65 bits per heavy atom. The average Bonchev–Trinajstić information content (AvgIpc) is 2.75. The van der Waals surface area contributed by atoms with E-state index in [0.29, 0.717) is 29.3 Å². The number of carbonyl (C=O) groups excluding carboxylic acids is 2. The third kappa shape index (κ3) is 2.95. The average molecular weight is 337 g/mol. The zero-order valence-corrected chi connectivity index (χ0v) is 13.8. The largest absolute Gasteiger partial charge is 0.386 e. The Hall–Kier alpha value is -1.59.